The van der Waals surface area contributed by atoms with E-state index in [1.807, 2.05) is 0 Å². The highest BCUT2D eigenvalue weighted by molar-refractivity contribution is 4.94. The first kappa shape index (κ1) is 8.48. The number of hydrogen-bond acceptors (Lipinski definition) is 3. The van der Waals surface area contributed by atoms with Crippen LogP contribution < -0.4 is 5.73 Å². The van der Waals surface area contributed by atoms with Crippen molar-refractivity contribution in [1.29, 1.82) is 0 Å². The molecule has 1 unspecified atom stereocenters. The molecule has 0 radical (unpaired) electrons. The minimum Gasteiger partial charge on any atom is -0.396 e. The molecule has 1 saturated heterocycles. The lowest BCUT2D eigenvalue weighted by molar-refractivity contribution is 0.0645. The zero-order valence-electron chi connectivity index (χ0n) is 7.45. The molecule has 0 aromatic heterocycles. The summed E-state index contributed by atoms with van der Waals surface area (Å²) in [5.74, 6) is 0.865. The topological polar surface area (TPSA) is 49.5 Å². The molecule has 0 bridgehead atoms. The number of aliphatic hydroxyl groups excluding tert-OH is 1. The summed E-state index contributed by atoms with van der Waals surface area (Å²) in [6.07, 6.45) is 3.66. The van der Waals surface area contributed by atoms with E-state index < -0.39 is 0 Å². The van der Waals surface area contributed by atoms with Gasteiger partial charge in [0.15, 0.2) is 0 Å². The number of hydrogen-bond donors (Lipinski definition) is 2. The van der Waals surface area contributed by atoms with Crippen LogP contribution in [0.1, 0.15) is 19.3 Å². The molecule has 2 fully saturated rings. The van der Waals surface area contributed by atoms with Crippen molar-refractivity contribution in [2.45, 2.75) is 31.3 Å². The van der Waals surface area contributed by atoms with E-state index in [0.717, 1.165) is 25.4 Å². The van der Waals surface area contributed by atoms with E-state index in [-0.39, 0.29) is 0 Å². The molecule has 2 aliphatic rings. The highest BCUT2D eigenvalue weighted by atomic mass is 16.3. The third-order valence-corrected chi connectivity index (χ3v) is 3.00. The van der Waals surface area contributed by atoms with Gasteiger partial charge in [0.2, 0.25) is 0 Å². The Labute approximate surface area is 73.5 Å². The van der Waals surface area contributed by atoms with Gasteiger partial charge < -0.3 is 10.8 Å². The Morgan fingerprint density at radius 2 is 2.08 bits per heavy atom. The van der Waals surface area contributed by atoms with Crippen LogP contribution in [-0.2, 0) is 0 Å². The summed E-state index contributed by atoms with van der Waals surface area (Å²) in [5, 5.41) is 8.89. The summed E-state index contributed by atoms with van der Waals surface area (Å²) < 4.78 is 0. The average Bonchev–Trinajstić information content (AvgIpc) is 2.77. The van der Waals surface area contributed by atoms with Crippen LogP contribution in [0, 0.1) is 5.92 Å². The van der Waals surface area contributed by atoms with Crippen molar-refractivity contribution in [3.05, 3.63) is 0 Å². The molecule has 1 heterocycles. The summed E-state index contributed by atoms with van der Waals surface area (Å²) in [5.41, 5.74) is 5.72. The van der Waals surface area contributed by atoms with E-state index in [4.69, 9.17) is 10.8 Å². The van der Waals surface area contributed by atoms with Crippen LogP contribution in [0.5, 0.6) is 0 Å². The smallest absolute Gasteiger partial charge is 0.0446 e. The lowest BCUT2D eigenvalue weighted by Gasteiger charge is -2.43. The van der Waals surface area contributed by atoms with Crippen LogP contribution in [0.4, 0.5) is 0 Å². The van der Waals surface area contributed by atoms with Crippen LogP contribution >= 0.6 is 0 Å². The first-order valence-corrected chi connectivity index (χ1v) is 4.91. The van der Waals surface area contributed by atoms with Crippen molar-refractivity contribution in [2.24, 2.45) is 11.7 Å². The molecule has 1 saturated carbocycles. The highest BCUT2D eigenvalue weighted by Crippen LogP contribution is 2.38. The quantitative estimate of drug-likeness (QED) is 0.614. The highest BCUT2D eigenvalue weighted by Gasteiger charge is 2.38. The monoisotopic (exact) mass is 170 g/mol. The number of nitrogens with two attached hydrogens (primary N) is 1. The molecule has 70 valence electrons. The molecule has 1 atom stereocenters. The van der Waals surface area contributed by atoms with Gasteiger partial charge in [-0.1, -0.05) is 0 Å². The first-order valence-electron chi connectivity index (χ1n) is 4.91. The number of aliphatic hydroxyl groups is 1. The Balaban J connectivity index is 1.80. The van der Waals surface area contributed by atoms with Gasteiger partial charge in [0, 0.05) is 31.8 Å². The van der Waals surface area contributed by atoms with E-state index in [1.165, 1.54) is 12.8 Å². The summed E-state index contributed by atoms with van der Waals surface area (Å²) in [6.45, 7) is 2.41. The van der Waals surface area contributed by atoms with E-state index >= 15 is 0 Å². The molecule has 0 spiro atoms. The molecule has 1 aliphatic carbocycles. The third-order valence-electron chi connectivity index (χ3n) is 3.00. The Hall–Kier alpha value is -0.120. The van der Waals surface area contributed by atoms with Gasteiger partial charge in [-0.3, -0.25) is 4.90 Å². The van der Waals surface area contributed by atoms with E-state index in [0.29, 0.717) is 18.7 Å². The van der Waals surface area contributed by atoms with Gasteiger partial charge in [0.25, 0.3) is 0 Å². The summed E-state index contributed by atoms with van der Waals surface area (Å²) in [4.78, 5) is 2.43. The van der Waals surface area contributed by atoms with Crippen molar-refractivity contribution >= 4 is 0 Å². The summed E-state index contributed by atoms with van der Waals surface area (Å²) in [6, 6.07) is 1.03. The Kier molecular flexibility index (Phi) is 2.35. The number of likely N-dealkylation sites (tertiary alicyclic amines) is 1. The van der Waals surface area contributed by atoms with Crippen LogP contribution in [0.3, 0.4) is 0 Å². The second-order valence-electron chi connectivity index (χ2n) is 4.13. The summed E-state index contributed by atoms with van der Waals surface area (Å²) >= 11 is 0. The fourth-order valence-electron chi connectivity index (χ4n) is 2.15. The van der Waals surface area contributed by atoms with Crippen LogP contribution in [0.25, 0.3) is 0 Å². The van der Waals surface area contributed by atoms with Crippen molar-refractivity contribution in [2.75, 3.05) is 19.7 Å². The van der Waals surface area contributed by atoms with Crippen molar-refractivity contribution < 1.29 is 5.11 Å². The average molecular weight is 170 g/mol. The largest absolute Gasteiger partial charge is 0.396 e. The van der Waals surface area contributed by atoms with Gasteiger partial charge in [-0.15, -0.1) is 0 Å². The lowest BCUT2D eigenvalue weighted by Crippen LogP contribution is -2.60. The zero-order valence-corrected chi connectivity index (χ0v) is 7.45. The van der Waals surface area contributed by atoms with Gasteiger partial charge in [0.05, 0.1) is 0 Å². The lowest BCUT2D eigenvalue weighted by atomic mass is 10.0. The van der Waals surface area contributed by atoms with Gasteiger partial charge in [-0.2, -0.15) is 0 Å². The SMILES string of the molecule is NC1CN(C(CCO)C2CC2)C1. The molecule has 0 aromatic rings. The molecule has 3 nitrogen and oxygen atoms in total. The molecule has 0 amide bonds. The molecule has 2 rings (SSSR count). The number of rotatable bonds is 4. The molecule has 0 aromatic carbocycles. The maximum Gasteiger partial charge on any atom is 0.0446 e. The Morgan fingerprint density at radius 3 is 2.50 bits per heavy atom. The second-order valence-corrected chi connectivity index (χ2v) is 4.13. The normalized spacial score (nSPS) is 28.5. The second kappa shape index (κ2) is 3.32. The molecule has 1 aliphatic heterocycles. The standard InChI is InChI=1S/C9H18N2O/c10-8-5-11(6-8)9(3-4-12)7-1-2-7/h7-9,12H,1-6,10H2. The van der Waals surface area contributed by atoms with Crippen LogP contribution in [0.2, 0.25) is 0 Å². The molecular formula is C9H18N2O. The van der Waals surface area contributed by atoms with E-state index in [9.17, 15) is 0 Å². The minimum atomic E-state index is 0.326. The number of nitrogens with zero attached hydrogens (tertiary/aromatic N) is 1. The molecular weight excluding hydrogens is 152 g/mol. The van der Waals surface area contributed by atoms with Gasteiger partial charge in [-0.25, -0.2) is 0 Å². The third kappa shape index (κ3) is 1.63. The van der Waals surface area contributed by atoms with E-state index in [1.54, 1.807) is 0 Å². The predicted molar refractivity (Wildman–Crippen MR) is 47.8 cm³/mol. The molecule has 3 heteroatoms. The van der Waals surface area contributed by atoms with Crippen LogP contribution in [0.15, 0.2) is 0 Å². The first-order chi connectivity index (χ1) is 5.81. The van der Waals surface area contributed by atoms with Crippen molar-refractivity contribution in [1.82, 2.24) is 4.90 Å². The van der Waals surface area contributed by atoms with Gasteiger partial charge in [-0.05, 0) is 25.2 Å². The summed E-state index contributed by atoms with van der Waals surface area (Å²) in [7, 11) is 0. The molecule has 12 heavy (non-hydrogen) atoms. The van der Waals surface area contributed by atoms with Crippen molar-refractivity contribution in [3.8, 4) is 0 Å². The molecule has 3 N–H and O–H groups in total. The van der Waals surface area contributed by atoms with Gasteiger partial charge in [0.1, 0.15) is 0 Å². The maximum atomic E-state index is 8.89. The maximum absolute atomic E-state index is 8.89. The predicted octanol–water partition coefficient (Wildman–Crippen LogP) is -0.210. The van der Waals surface area contributed by atoms with Crippen LogP contribution in [-0.4, -0.2) is 41.8 Å². The van der Waals surface area contributed by atoms with Crippen molar-refractivity contribution in [3.63, 3.8) is 0 Å². The van der Waals surface area contributed by atoms with Gasteiger partial charge >= 0.3 is 0 Å². The minimum absolute atomic E-state index is 0.326. The fourth-order valence-corrected chi connectivity index (χ4v) is 2.15. The fraction of sp³-hybridized carbons (Fsp3) is 1.00. The Morgan fingerprint density at radius 1 is 1.42 bits per heavy atom. The van der Waals surface area contributed by atoms with E-state index in [2.05, 4.69) is 4.90 Å². The zero-order chi connectivity index (χ0) is 8.55. The Bertz CT molecular complexity index is 153.